The van der Waals surface area contributed by atoms with E-state index in [1.807, 2.05) is 38.1 Å². The number of benzene rings is 2. The first-order valence-electron chi connectivity index (χ1n) is 11.1. The lowest BCUT2D eigenvalue weighted by Gasteiger charge is -2.31. The summed E-state index contributed by atoms with van der Waals surface area (Å²) in [5.41, 5.74) is 4.65. The summed E-state index contributed by atoms with van der Waals surface area (Å²) < 4.78 is 0. The number of carbonyl (C=O) groups is 2. The molecule has 4 nitrogen and oxygen atoms in total. The summed E-state index contributed by atoms with van der Waals surface area (Å²) in [7, 11) is 0. The van der Waals surface area contributed by atoms with Crippen LogP contribution in [0.5, 0.6) is 0 Å². The van der Waals surface area contributed by atoms with E-state index in [9.17, 15) is 9.59 Å². The lowest BCUT2D eigenvalue weighted by molar-refractivity contribution is -0.139. The zero-order chi connectivity index (χ0) is 22.8. The zero-order valence-electron chi connectivity index (χ0n) is 19.5. The summed E-state index contributed by atoms with van der Waals surface area (Å²) in [4.78, 5) is 27.9. The third kappa shape index (κ3) is 8.41. The quantitative estimate of drug-likeness (QED) is 0.528. The van der Waals surface area contributed by atoms with Crippen LogP contribution in [0.4, 0.5) is 0 Å². The van der Waals surface area contributed by atoms with Crippen molar-refractivity contribution in [3.63, 3.8) is 0 Å². The number of hydrogen-bond donors (Lipinski definition) is 1. The summed E-state index contributed by atoms with van der Waals surface area (Å²) in [6.07, 6.45) is 0.587. The van der Waals surface area contributed by atoms with E-state index in [0.29, 0.717) is 31.2 Å². The topological polar surface area (TPSA) is 49.4 Å². The van der Waals surface area contributed by atoms with E-state index in [4.69, 9.17) is 0 Å². The smallest absolute Gasteiger partial charge is 0.242 e. The molecule has 2 aromatic rings. The van der Waals surface area contributed by atoms with Gasteiger partial charge >= 0.3 is 0 Å². The van der Waals surface area contributed by atoms with Gasteiger partial charge in [0.05, 0.1) is 5.75 Å². The van der Waals surface area contributed by atoms with E-state index in [2.05, 4.69) is 50.4 Å². The number of nitrogens with one attached hydrogen (secondary N) is 1. The minimum absolute atomic E-state index is 0.00392. The monoisotopic (exact) mass is 440 g/mol. The average Bonchev–Trinajstić information content (AvgIpc) is 2.74. The van der Waals surface area contributed by atoms with Gasteiger partial charge < -0.3 is 10.2 Å². The molecule has 1 atom stereocenters. The van der Waals surface area contributed by atoms with Crippen molar-refractivity contribution < 1.29 is 9.59 Å². The molecule has 0 aliphatic carbocycles. The van der Waals surface area contributed by atoms with Gasteiger partial charge in [-0.3, -0.25) is 9.59 Å². The van der Waals surface area contributed by atoms with Gasteiger partial charge in [0.1, 0.15) is 6.04 Å². The van der Waals surface area contributed by atoms with Crippen LogP contribution in [-0.2, 0) is 21.9 Å². The second-order valence-corrected chi connectivity index (χ2v) is 9.53. The van der Waals surface area contributed by atoms with Crippen molar-refractivity contribution in [3.8, 4) is 0 Å². The number of aryl methyl sites for hydroxylation is 2. The Morgan fingerprint density at radius 2 is 1.48 bits per heavy atom. The molecule has 31 heavy (non-hydrogen) atoms. The van der Waals surface area contributed by atoms with E-state index in [1.165, 1.54) is 16.7 Å². The first kappa shape index (κ1) is 25.0. The predicted molar refractivity (Wildman–Crippen MR) is 131 cm³/mol. The molecular weight excluding hydrogens is 404 g/mol. The Bertz CT molecular complexity index is 831. The largest absolute Gasteiger partial charge is 0.354 e. The van der Waals surface area contributed by atoms with Crippen LogP contribution < -0.4 is 5.32 Å². The third-order valence-corrected chi connectivity index (χ3v) is 6.15. The molecule has 1 N–H and O–H groups in total. The van der Waals surface area contributed by atoms with Crippen LogP contribution in [0, 0.1) is 19.8 Å². The molecule has 2 rings (SSSR count). The fraction of sp³-hybridized carbons (Fsp3) is 0.462. The SMILES string of the molecule is CC[C@@H](C(=O)NCC(C)C)N(Cc1ccc(C)cc1)C(=O)CSCc1ccc(C)cc1. The van der Waals surface area contributed by atoms with Crippen LogP contribution in [0.3, 0.4) is 0 Å². The highest BCUT2D eigenvalue weighted by Crippen LogP contribution is 2.18. The number of rotatable bonds is 11. The molecule has 2 aromatic carbocycles. The molecule has 168 valence electrons. The van der Waals surface area contributed by atoms with Crippen molar-refractivity contribution in [2.75, 3.05) is 12.3 Å². The Morgan fingerprint density at radius 3 is 2.00 bits per heavy atom. The van der Waals surface area contributed by atoms with Crippen molar-refractivity contribution in [2.24, 2.45) is 5.92 Å². The number of thioether (sulfide) groups is 1. The molecule has 0 heterocycles. The Hall–Kier alpha value is -2.27. The maximum absolute atomic E-state index is 13.2. The fourth-order valence-electron chi connectivity index (χ4n) is 3.26. The van der Waals surface area contributed by atoms with Gasteiger partial charge in [-0.2, -0.15) is 0 Å². The number of amides is 2. The normalized spacial score (nSPS) is 11.9. The Balaban J connectivity index is 2.10. The van der Waals surface area contributed by atoms with Gasteiger partial charge in [0, 0.05) is 18.8 Å². The average molecular weight is 441 g/mol. The maximum atomic E-state index is 13.2. The zero-order valence-corrected chi connectivity index (χ0v) is 20.3. The standard InChI is InChI=1S/C26H36N2O2S/c1-6-24(26(30)27-15-19(2)3)28(16-22-11-7-20(4)8-12-22)25(29)18-31-17-23-13-9-21(5)10-14-23/h7-14,19,24H,6,15-18H2,1-5H3,(H,27,30)/t24-/m0/s1. The molecule has 0 fully saturated rings. The molecule has 0 aliphatic heterocycles. The summed E-state index contributed by atoms with van der Waals surface area (Å²) in [6, 6.07) is 16.1. The molecule has 0 saturated carbocycles. The highest BCUT2D eigenvalue weighted by Gasteiger charge is 2.28. The van der Waals surface area contributed by atoms with E-state index in [0.717, 1.165) is 11.3 Å². The van der Waals surface area contributed by atoms with Crippen LogP contribution in [0.1, 0.15) is 49.4 Å². The lowest BCUT2D eigenvalue weighted by Crippen LogP contribution is -2.50. The minimum Gasteiger partial charge on any atom is -0.354 e. The van der Waals surface area contributed by atoms with E-state index < -0.39 is 6.04 Å². The summed E-state index contributed by atoms with van der Waals surface area (Å²) >= 11 is 1.60. The van der Waals surface area contributed by atoms with Gasteiger partial charge in [0.2, 0.25) is 11.8 Å². The summed E-state index contributed by atoms with van der Waals surface area (Å²) in [5.74, 6) is 1.44. The Labute approximate surface area is 191 Å². The van der Waals surface area contributed by atoms with Gasteiger partial charge in [0.25, 0.3) is 0 Å². The van der Waals surface area contributed by atoms with Gasteiger partial charge in [0.15, 0.2) is 0 Å². The van der Waals surface area contributed by atoms with Gasteiger partial charge in [-0.1, -0.05) is 80.4 Å². The van der Waals surface area contributed by atoms with E-state index in [1.54, 1.807) is 16.7 Å². The molecule has 0 aliphatic rings. The van der Waals surface area contributed by atoms with E-state index >= 15 is 0 Å². The Morgan fingerprint density at radius 1 is 0.935 bits per heavy atom. The van der Waals surface area contributed by atoms with Crippen molar-refractivity contribution in [2.45, 2.75) is 59.4 Å². The second-order valence-electron chi connectivity index (χ2n) is 8.55. The molecular formula is C26H36N2O2S. The first-order valence-corrected chi connectivity index (χ1v) is 12.2. The third-order valence-electron chi connectivity index (χ3n) is 5.16. The maximum Gasteiger partial charge on any atom is 0.242 e. The predicted octanol–water partition coefficient (Wildman–Crippen LogP) is 5.12. The number of nitrogens with zero attached hydrogens (tertiary/aromatic N) is 1. The van der Waals surface area contributed by atoms with Gasteiger partial charge in [-0.15, -0.1) is 11.8 Å². The van der Waals surface area contributed by atoms with Crippen molar-refractivity contribution in [1.82, 2.24) is 10.2 Å². The highest BCUT2D eigenvalue weighted by molar-refractivity contribution is 7.99. The molecule has 2 amide bonds. The Kier molecular flexibility index (Phi) is 10.1. The van der Waals surface area contributed by atoms with Crippen molar-refractivity contribution >= 4 is 23.6 Å². The number of hydrogen-bond acceptors (Lipinski definition) is 3. The molecule has 0 bridgehead atoms. The molecule has 0 spiro atoms. The van der Waals surface area contributed by atoms with Crippen molar-refractivity contribution in [3.05, 3.63) is 70.8 Å². The molecule has 0 unspecified atom stereocenters. The van der Waals surface area contributed by atoms with Crippen LogP contribution >= 0.6 is 11.8 Å². The van der Waals surface area contributed by atoms with Crippen LogP contribution in [0.15, 0.2) is 48.5 Å². The molecule has 5 heteroatoms. The number of carbonyl (C=O) groups excluding carboxylic acids is 2. The summed E-state index contributed by atoms with van der Waals surface area (Å²) in [6.45, 7) is 11.3. The molecule has 0 aromatic heterocycles. The highest BCUT2D eigenvalue weighted by atomic mass is 32.2. The van der Waals surface area contributed by atoms with Crippen molar-refractivity contribution in [1.29, 1.82) is 0 Å². The second kappa shape index (κ2) is 12.6. The molecule has 0 saturated heterocycles. The fourth-order valence-corrected chi connectivity index (χ4v) is 4.13. The van der Waals surface area contributed by atoms with Crippen LogP contribution in [0.2, 0.25) is 0 Å². The van der Waals surface area contributed by atoms with Gasteiger partial charge in [-0.05, 0) is 37.3 Å². The van der Waals surface area contributed by atoms with Crippen LogP contribution in [0.25, 0.3) is 0 Å². The first-order chi connectivity index (χ1) is 14.8. The van der Waals surface area contributed by atoms with E-state index in [-0.39, 0.29) is 11.8 Å². The van der Waals surface area contributed by atoms with Crippen LogP contribution in [-0.4, -0.2) is 35.1 Å². The summed E-state index contributed by atoms with van der Waals surface area (Å²) in [5, 5.41) is 3.01. The van der Waals surface area contributed by atoms with Gasteiger partial charge in [-0.25, -0.2) is 0 Å². The minimum atomic E-state index is -0.465. The molecule has 0 radical (unpaired) electrons. The lowest BCUT2D eigenvalue weighted by atomic mass is 10.1.